The minimum atomic E-state index is -0.830. The van der Waals surface area contributed by atoms with Gasteiger partial charge in [-0.25, -0.2) is 9.59 Å². The second-order valence-electron chi connectivity index (χ2n) is 4.75. The Kier molecular flexibility index (Phi) is 3.57. The molecule has 0 spiro atoms. The van der Waals surface area contributed by atoms with Gasteiger partial charge in [-0.1, -0.05) is 35.9 Å². The number of aryl methyl sites for hydroxylation is 1. The van der Waals surface area contributed by atoms with Crippen molar-refractivity contribution in [2.75, 3.05) is 5.32 Å². The van der Waals surface area contributed by atoms with Crippen LogP contribution in [0.25, 0.3) is 11.5 Å². The van der Waals surface area contributed by atoms with Gasteiger partial charge in [-0.2, -0.15) is 0 Å². The Balaban J connectivity index is 1.87. The fourth-order valence-corrected chi connectivity index (χ4v) is 1.92. The van der Waals surface area contributed by atoms with Crippen molar-refractivity contribution in [1.82, 2.24) is 9.78 Å². The number of nitrogens with zero attached hydrogens (tertiary/aromatic N) is 2. The molecule has 6 nitrogen and oxygen atoms in total. The van der Waals surface area contributed by atoms with E-state index in [1.54, 1.807) is 36.4 Å². The number of hydrogen-bond donors (Lipinski definition) is 1. The van der Waals surface area contributed by atoms with Gasteiger partial charge >= 0.3 is 11.8 Å². The lowest BCUT2D eigenvalue weighted by atomic mass is 10.1. The highest BCUT2D eigenvalue weighted by Gasteiger charge is 2.16. The van der Waals surface area contributed by atoms with Crippen LogP contribution in [0.2, 0.25) is 0 Å². The summed E-state index contributed by atoms with van der Waals surface area (Å²) in [4.78, 5) is 23.8. The molecule has 1 aromatic heterocycles. The van der Waals surface area contributed by atoms with E-state index < -0.39 is 11.8 Å². The number of hydrogen-bond acceptors (Lipinski definition) is 4. The van der Waals surface area contributed by atoms with Crippen LogP contribution in [-0.4, -0.2) is 15.8 Å². The highest BCUT2D eigenvalue weighted by Crippen LogP contribution is 2.16. The lowest BCUT2D eigenvalue weighted by Crippen LogP contribution is -2.29. The molecule has 110 valence electrons. The fourth-order valence-electron chi connectivity index (χ4n) is 1.92. The maximum atomic E-state index is 12.1. The van der Waals surface area contributed by atoms with Gasteiger partial charge in [0, 0.05) is 11.3 Å². The third-order valence-corrected chi connectivity index (χ3v) is 3.06. The van der Waals surface area contributed by atoms with E-state index in [0.29, 0.717) is 15.9 Å². The van der Waals surface area contributed by atoms with Gasteiger partial charge in [0.05, 0.1) is 0 Å². The number of aromatic nitrogens is 2. The lowest BCUT2D eigenvalue weighted by Gasteiger charge is -2.02. The van der Waals surface area contributed by atoms with Crippen molar-refractivity contribution < 1.29 is 9.21 Å². The first-order chi connectivity index (χ1) is 10.6. The average Bonchev–Trinajstić information content (AvgIpc) is 2.91. The summed E-state index contributed by atoms with van der Waals surface area (Å²) in [5.74, 6) is -0.725. The fraction of sp³-hybridized carbons (Fsp3) is 0.0625. The molecule has 1 amide bonds. The summed E-state index contributed by atoms with van der Waals surface area (Å²) < 4.78 is 5.70. The lowest BCUT2D eigenvalue weighted by molar-refractivity contribution is 0.249. The van der Waals surface area contributed by atoms with E-state index >= 15 is 0 Å². The Bertz CT molecular complexity index is 848. The number of carbonyl (C=O) groups excluding carboxylic acids is 1. The van der Waals surface area contributed by atoms with Gasteiger partial charge in [0.25, 0.3) is 0 Å². The molecule has 0 saturated heterocycles. The summed E-state index contributed by atoms with van der Waals surface area (Å²) >= 11 is 0. The van der Waals surface area contributed by atoms with Crippen molar-refractivity contribution in [2.24, 2.45) is 0 Å². The Labute approximate surface area is 126 Å². The van der Waals surface area contributed by atoms with Crippen LogP contribution in [0.4, 0.5) is 10.5 Å². The summed E-state index contributed by atoms with van der Waals surface area (Å²) in [6, 6.07) is 15.4. The molecule has 3 rings (SSSR count). The van der Waals surface area contributed by atoms with Crippen LogP contribution in [0.5, 0.6) is 0 Å². The molecule has 0 bridgehead atoms. The maximum Gasteiger partial charge on any atom is 0.446 e. The third-order valence-electron chi connectivity index (χ3n) is 3.06. The van der Waals surface area contributed by atoms with Crippen molar-refractivity contribution in [3.63, 3.8) is 0 Å². The Morgan fingerprint density at radius 2 is 1.77 bits per heavy atom. The van der Waals surface area contributed by atoms with Gasteiger partial charge in [-0.05, 0) is 31.2 Å². The Morgan fingerprint density at radius 3 is 2.45 bits per heavy atom. The summed E-state index contributed by atoms with van der Waals surface area (Å²) in [6.45, 7) is 1.95. The molecule has 0 fully saturated rings. The number of benzene rings is 2. The van der Waals surface area contributed by atoms with Crippen LogP contribution in [0.15, 0.2) is 63.8 Å². The molecule has 22 heavy (non-hydrogen) atoms. The van der Waals surface area contributed by atoms with E-state index in [1.165, 1.54) is 0 Å². The van der Waals surface area contributed by atoms with Gasteiger partial charge in [-0.15, -0.1) is 9.78 Å². The zero-order valence-electron chi connectivity index (χ0n) is 11.8. The first-order valence-electron chi connectivity index (χ1n) is 6.67. The van der Waals surface area contributed by atoms with Gasteiger partial charge in [0.1, 0.15) is 0 Å². The summed E-state index contributed by atoms with van der Waals surface area (Å²) in [5, 5.41) is 6.51. The first kappa shape index (κ1) is 13.8. The van der Waals surface area contributed by atoms with Gasteiger partial charge in [0.15, 0.2) is 0 Å². The molecule has 0 atom stereocenters. The van der Waals surface area contributed by atoms with Crippen LogP contribution >= 0.6 is 0 Å². The molecule has 6 heteroatoms. The Morgan fingerprint density at radius 1 is 1.09 bits per heavy atom. The van der Waals surface area contributed by atoms with E-state index in [-0.39, 0.29) is 5.89 Å². The van der Waals surface area contributed by atoms with E-state index in [9.17, 15) is 9.59 Å². The van der Waals surface area contributed by atoms with E-state index in [2.05, 4.69) is 10.4 Å². The summed E-state index contributed by atoms with van der Waals surface area (Å²) in [7, 11) is 0. The van der Waals surface area contributed by atoms with E-state index in [4.69, 9.17) is 4.42 Å². The monoisotopic (exact) mass is 295 g/mol. The van der Waals surface area contributed by atoms with Crippen molar-refractivity contribution in [3.05, 3.63) is 70.7 Å². The van der Waals surface area contributed by atoms with Crippen molar-refractivity contribution in [1.29, 1.82) is 0 Å². The van der Waals surface area contributed by atoms with Crippen LogP contribution < -0.4 is 11.1 Å². The minimum Gasteiger partial charge on any atom is -0.387 e. The SMILES string of the molecule is Cc1ccc(-c2nn(C(=O)Nc3ccccc3)c(=O)o2)cc1. The average molecular weight is 295 g/mol. The van der Waals surface area contributed by atoms with Crippen LogP contribution in [-0.2, 0) is 0 Å². The number of nitrogens with one attached hydrogen (secondary N) is 1. The number of rotatable bonds is 2. The van der Waals surface area contributed by atoms with E-state index in [0.717, 1.165) is 5.56 Å². The van der Waals surface area contributed by atoms with Crippen molar-refractivity contribution in [3.8, 4) is 11.5 Å². The Hall–Kier alpha value is -3.15. The molecule has 0 aliphatic heterocycles. The topological polar surface area (TPSA) is 77.1 Å². The van der Waals surface area contributed by atoms with Crippen LogP contribution in [0.1, 0.15) is 5.56 Å². The van der Waals surface area contributed by atoms with E-state index in [1.807, 2.05) is 25.1 Å². The molecule has 0 aliphatic carbocycles. The highest BCUT2D eigenvalue weighted by atomic mass is 16.4. The molecule has 0 radical (unpaired) electrons. The molecule has 0 saturated carbocycles. The normalized spacial score (nSPS) is 10.4. The van der Waals surface area contributed by atoms with Crippen LogP contribution in [0.3, 0.4) is 0 Å². The second kappa shape index (κ2) is 5.69. The van der Waals surface area contributed by atoms with Gasteiger partial charge in [-0.3, -0.25) is 0 Å². The molecular formula is C16H13N3O3. The molecule has 3 aromatic rings. The molecule has 2 aromatic carbocycles. The number of anilines is 1. The second-order valence-corrected chi connectivity index (χ2v) is 4.75. The summed E-state index contributed by atoms with van der Waals surface area (Å²) in [5.41, 5.74) is 2.28. The van der Waals surface area contributed by atoms with Crippen molar-refractivity contribution in [2.45, 2.75) is 6.92 Å². The molecule has 0 aliphatic rings. The summed E-state index contributed by atoms with van der Waals surface area (Å²) in [6.07, 6.45) is 0. The largest absolute Gasteiger partial charge is 0.446 e. The molecule has 1 N–H and O–H groups in total. The predicted octanol–water partition coefficient (Wildman–Crippen LogP) is 2.89. The molecule has 1 heterocycles. The van der Waals surface area contributed by atoms with Gasteiger partial charge < -0.3 is 9.73 Å². The zero-order valence-corrected chi connectivity index (χ0v) is 11.8. The number of para-hydroxylation sites is 1. The maximum absolute atomic E-state index is 12.1. The third kappa shape index (κ3) is 2.80. The standard InChI is InChI=1S/C16H13N3O3/c1-11-7-9-12(10-8-11)14-18-19(16(21)22-14)15(20)17-13-5-3-2-4-6-13/h2-10H,1H3,(H,17,20). The van der Waals surface area contributed by atoms with Crippen LogP contribution in [0, 0.1) is 6.92 Å². The van der Waals surface area contributed by atoms with Gasteiger partial charge in [0.2, 0.25) is 5.89 Å². The van der Waals surface area contributed by atoms with Crippen molar-refractivity contribution >= 4 is 11.7 Å². The predicted molar refractivity (Wildman–Crippen MR) is 81.8 cm³/mol. The molecular weight excluding hydrogens is 282 g/mol. The first-order valence-corrected chi connectivity index (χ1v) is 6.67. The molecule has 0 unspecified atom stereocenters. The number of amides is 1. The zero-order chi connectivity index (χ0) is 15.5. The quantitative estimate of drug-likeness (QED) is 0.788. The highest BCUT2D eigenvalue weighted by molar-refractivity contribution is 5.90. The number of carbonyl (C=O) groups is 1. The smallest absolute Gasteiger partial charge is 0.387 e. The minimum absolute atomic E-state index is 0.105.